The number of nitrogens with zero attached hydrogens (tertiary/aromatic N) is 1. The summed E-state index contributed by atoms with van der Waals surface area (Å²) in [5, 5.41) is 0.889. The van der Waals surface area contributed by atoms with Crippen molar-refractivity contribution in [3.8, 4) is 17.2 Å². The Bertz CT molecular complexity index is 1280. The minimum absolute atomic E-state index is 0.160. The first-order valence-corrected chi connectivity index (χ1v) is 10.4. The number of benzene rings is 2. The molecule has 0 unspecified atom stereocenters. The van der Waals surface area contributed by atoms with Gasteiger partial charge in [0.25, 0.3) is 0 Å². The summed E-state index contributed by atoms with van der Waals surface area (Å²) in [6.07, 6.45) is 2.83. The van der Waals surface area contributed by atoms with E-state index in [4.69, 9.17) is 18.6 Å². The third-order valence-corrected chi connectivity index (χ3v) is 6.46. The van der Waals surface area contributed by atoms with Crippen molar-refractivity contribution in [3.05, 3.63) is 61.4 Å². The van der Waals surface area contributed by atoms with Crippen molar-refractivity contribution in [2.75, 3.05) is 27.5 Å². The van der Waals surface area contributed by atoms with Gasteiger partial charge in [-0.25, -0.2) is 4.79 Å². The highest BCUT2D eigenvalue weighted by molar-refractivity contribution is 9.10. The fraction of sp³-hybridized carbons (Fsp3) is 0.261. The van der Waals surface area contributed by atoms with Gasteiger partial charge in [-0.15, -0.1) is 0 Å². The zero-order valence-electron chi connectivity index (χ0n) is 16.9. The average Bonchev–Trinajstić information content (AvgIpc) is 3.13. The van der Waals surface area contributed by atoms with Crippen LogP contribution in [0.15, 0.2) is 37.9 Å². The molecule has 0 bridgehead atoms. The molecule has 30 heavy (non-hydrogen) atoms. The van der Waals surface area contributed by atoms with Crippen LogP contribution in [-0.2, 0) is 6.42 Å². The quantitative estimate of drug-likeness (QED) is 0.511. The minimum atomic E-state index is -0.374. The van der Waals surface area contributed by atoms with E-state index in [2.05, 4.69) is 26.9 Å². The molecule has 154 valence electrons. The predicted molar refractivity (Wildman–Crippen MR) is 118 cm³/mol. The molecule has 0 saturated carbocycles. The smallest absolute Gasteiger partial charge is 0.336 e. The Morgan fingerprint density at radius 1 is 1.17 bits per heavy atom. The molecule has 5 rings (SSSR count). The lowest BCUT2D eigenvalue weighted by atomic mass is 10.00. The summed E-state index contributed by atoms with van der Waals surface area (Å²) in [5.74, 6) is 1.90. The molecule has 0 fully saturated rings. The molecule has 0 saturated heterocycles. The Labute approximate surface area is 181 Å². The second-order valence-corrected chi connectivity index (χ2v) is 8.28. The molecule has 7 heteroatoms. The summed E-state index contributed by atoms with van der Waals surface area (Å²) in [5.41, 5.74) is 4.99. The van der Waals surface area contributed by atoms with Crippen LogP contribution in [0.3, 0.4) is 0 Å². The fourth-order valence-corrected chi connectivity index (χ4v) is 4.84. The van der Waals surface area contributed by atoms with Gasteiger partial charge in [0.1, 0.15) is 5.58 Å². The molecule has 0 N–H and O–H groups in total. The highest BCUT2D eigenvalue weighted by Gasteiger charge is 2.31. The van der Waals surface area contributed by atoms with Crippen molar-refractivity contribution in [1.29, 1.82) is 0 Å². The molecule has 1 aromatic heterocycles. The fourth-order valence-electron chi connectivity index (χ4n) is 4.14. The van der Waals surface area contributed by atoms with Crippen LogP contribution in [0.1, 0.15) is 22.3 Å². The van der Waals surface area contributed by atoms with Crippen molar-refractivity contribution in [2.24, 2.45) is 0 Å². The van der Waals surface area contributed by atoms with Crippen molar-refractivity contribution in [3.63, 3.8) is 0 Å². The zero-order chi connectivity index (χ0) is 21.0. The number of rotatable bonds is 2. The van der Waals surface area contributed by atoms with Gasteiger partial charge < -0.3 is 23.5 Å². The van der Waals surface area contributed by atoms with Crippen molar-refractivity contribution in [2.45, 2.75) is 13.3 Å². The molecule has 2 aliphatic heterocycles. The van der Waals surface area contributed by atoms with Crippen LogP contribution in [0.2, 0.25) is 0 Å². The maximum absolute atomic E-state index is 12.3. The first-order valence-electron chi connectivity index (χ1n) is 9.63. The standard InChI is InChI=1S/C23H20BrNO5/c1-12-4-5-13-15(10-19(26)30-18(13)8-12)17-9-16-14(6-7-25(17)2)20(24)22-23(21(16)27-3)29-11-28-22/h4-5,8-10H,6-7,11H2,1-3H3. The van der Waals surface area contributed by atoms with Gasteiger partial charge in [0, 0.05) is 41.9 Å². The van der Waals surface area contributed by atoms with E-state index >= 15 is 0 Å². The first kappa shape index (κ1) is 19.1. The van der Waals surface area contributed by atoms with E-state index < -0.39 is 0 Å². The molecule has 0 spiro atoms. The summed E-state index contributed by atoms with van der Waals surface area (Å²) < 4.78 is 23.4. The maximum Gasteiger partial charge on any atom is 0.336 e. The number of ether oxygens (including phenoxy) is 3. The molecular weight excluding hydrogens is 450 g/mol. The lowest BCUT2D eigenvalue weighted by molar-refractivity contribution is 0.170. The predicted octanol–water partition coefficient (Wildman–Crippen LogP) is 4.59. The Morgan fingerprint density at radius 3 is 2.77 bits per heavy atom. The monoisotopic (exact) mass is 469 g/mol. The van der Waals surface area contributed by atoms with Gasteiger partial charge in [-0.1, -0.05) is 12.1 Å². The van der Waals surface area contributed by atoms with Gasteiger partial charge in [0.2, 0.25) is 12.5 Å². The Balaban J connectivity index is 1.81. The number of fused-ring (bicyclic) bond motifs is 3. The molecule has 0 atom stereocenters. The minimum Gasteiger partial charge on any atom is -0.492 e. The SMILES string of the molecule is COc1c2c(c(Br)c3c1OCO3)CCN(C)C(c1cc(=O)oc3cc(C)ccc13)=C2. The van der Waals surface area contributed by atoms with Crippen LogP contribution in [0.25, 0.3) is 22.7 Å². The number of aryl methyl sites for hydroxylation is 1. The highest BCUT2D eigenvalue weighted by Crippen LogP contribution is 2.52. The van der Waals surface area contributed by atoms with E-state index in [1.807, 2.05) is 32.2 Å². The Kier molecular flexibility index (Phi) is 4.50. The van der Waals surface area contributed by atoms with Crippen LogP contribution in [0.5, 0.6) is 17.2 Å². The second kappa shape index (κ2) is 7.09. The normalized spacial score (nSPS) is 15.1. The van der Waals surface area contributed by atoms with Crippen molar-refractivity contribution >= 4 is 38.7 Å². The number of methoxy groups -OCH3 is 1. The van der Waals surface area contributed by atoms with Crippen molar-refractivity contribution < 1.29 is 18.6 Å². The van der Waals surface area contributed by atoms with E-state index in [1.54, 1.807) is 13.2 Å². The highest BCUT2D eigenvalue weighted by atomic mass is 79.9. The van der Waals surface area contributed by atoms with Crippen LogP contribution >= 0.6 is 15.9 Å². The molecule has 0 aliphatic carbocycles. The molecule has 0 radical (unpaired) electrons. The summed E-state index contributed by atoms with van der Waals surface area (Å²) in [6, 6.07) is 7.46. The molecule has 3 heterocycles. The largest absolute Gasteiger partial charge is 0.492 e. The van der Waals surface area contributed by atoms with Gasteiger partial charge in [-0.2, -0.15) is 0 Å². The summed E-state index contributed by atoms with van der Waals surface area (Å²) in [6.45, 7) is 2.89. The van der Waals surface area contributed by atoms with Crippen LogP contribution in [0, 0.1) is 6.92 Å². The molecule has 2 aliphatic rings. The van der Waals surface area contributed by atoms with Gasteiger partial charge >= 0.3 is 5.63 Å². The third-order valence-electron chi connectivity index (χ3n) is 5.62. The Hall–Kier alpha value is -2.93. The summed E-state index contributed by atoms with van der Waals surface area (Å²) in [7, 11) is 3.65. The van der Waals surface area contributed by atoms with Crippen LogP contribution < -0.4 is 19.8 Å². The summed E-state index contributed by atoms with van der Waals surface area (Å²) >= 11 is 3.70. The number of hydrogen-bond donors (Lipinski definition) is 0. The first-order chi connectivity index (χ1) is 14.5. The molecule has 6 nitrogen and oxygen atoms in total. The topological polar surface area (TPSA) is 61.1 Å². The average molecular weight is 470 g/mol. The van der Waals surface area contributed by atoms with Crippen molar-refractivity contribution in [1.82, 2.24) is 4.90 Å². The van der Waals surface area contributed by atoms with E-state index in [-0.39, 0.29) is 12.4 Å². The van der Waals surface area contributed by atoms with Gasteiger partial charge in [-0.3, -0.25) is 0 Å². The van der Waals surface area contributed by atoms with Gasteiger partial charge in [0.05, 0.1) is 11.6 Å². The third kappa shape index (κ3) is 2.88. The molecule has 3 aromatic rings. The number of likely N-dealkylation sites (N-methyl/N-ethyl adjacent to an activating group) is 1. The second-order valence-electron chi connectivity index (χ2n) is 7.48. The van der Waals surface area contributed by atoms with Gasteiger partial charge in [-0.05, 0) is 52.5 Å². The van der Waals surface area contributed by atoms with E-state index in [0.717, 1.165) is 50.8 Å². The summed E-state index contributed by atoms with van der Waals surface area (Å²) in [4.78, 5) is 14.5. The molecule has 0 amide bonds. The van der Waals surface area contributed by atoms with E-state index in [9.17, 15) is 4.79 Å². The lowest BCUT2D eigenvalue weighted by Crippen LogP contribution is -2.19. The Morgan fingerprint density at radius 2 is 1.97 bits per heavy atom. The van der Waals surface area contributed by atoms with Gasteiger partial charge in [0.15, 0.2) is 11.5 Å². The van der Waals surface area contributed by atoms with Crippen LogP contribution in [0.4, 0.5) is 0 Å². The lowest BCUT2D eigenvalue weighted by Gasteiger charge is -2.22. The number of halogens is 1. The number of hydrogen-bond acceptors (Lipinski definition) is 6. The van der Waals surface area contributed by atoms with E-state index in [0.29, 0.717) is 22.8 Å². The molecular formula is C23H20BrNO5. The molecule has 2 aromatic carbocycles. The van der Waals surface area contributed by atoms with E-state index in [1.165, 1.54) is 0 Å². The van der Waals surface area contributed by atoms with Crippen LogP contribution in [-0.4, -0.2) is 32.4 Å². The zero-order valence-corrected chi connectivity index (χ0v) is 18.5. The maximum atomic E-state index is 12.3.